The lowest BCUT2D eigenvalue weighted by Gasteiger charge is -2.12. The van der Waals surface area contributed by atoms with E-state index in [-0.39, 0.29) is 6.61 Å². The van der Waals surface area contributed by atoms with E-state index in [1.165, 1.54) is 0 Å². The summed E-state index contributed by atoms with van der Waals surface area (Å²) in [7, 11) is 0. The molecule has 0 amide bonds. The molecule has 19 heavy (non-hydrogen) atoms. The standard InChI is InChI=1S/C13H14Br2N2O2/c1-9-16-2-3-17(9)4-5-19-13-11(14)6-10(8-18)7-12(13)15/h2-3,6-7,18H,4-5,8H2,1H3. The van der Waals surface area contributed by atoms with Crippen molar-refractivity contribution in [2.45, 2.75) is 20.1 Å². The van der Waals surface area contributed by atoms with Gasteiger partial charge in [-0.1, -0.05) is 0 Å². The third-order valence-corrected chi connectivity index (χ3v) is 3.92. The van der Waals surface area contributed by atoms with Gasteiger partial charge in [0.25, 0.3) is 0 Å². The molecule has 0 saturated heterocycles. The quantitative estimate of drug-likeness (QED) is 0.853. The van der Waals surface area contributed by atoms with Crippen LogP contribution in [0.15, 0.2) is 33.5 Å². The van der Waals surface area contributed by atoms with E-state index in [4.69, 9.17) is 9.84 Å². The van der Waals surface area contributed by atoms with Gasteiger partial charge in [-0.2, -0.15) is 0 Å². The second-order valence-electron chi connectivity index (χ2n) is 4.06. The molecule has 0 aliphatic heterocycles. The molecule has 6 heteroatoms. The minimum atomic E-state index is 0.00567. The summed E-state index contributed by atoms with van der Waals surface area (Å²) in [6.45, 7) is 3.26. The second-order valence-corrected chi connectivity index (χ2v) is 5.77. The first-order chi connectivity index (χ1) is 9.11. The van der Waals surface area contributed by atoms with E-state index >= 15 is 0 Å². The molecular weight excluding hydrogens is 376 g/mol. The Labute approximate surface area is 128 Å². The van der Waals surface area contributed by atoms with Gasteiger partial charge in [-0.25, -0.2) is 4.98 Å². The predicted octanol–water partition coefficient (Wildman–Crippen LogP) is 3.29. The minimum absolute atomic E-state index is 0.00567. The van der Waals surface area contributed by atoms with Crippen molar-refractivity contribution < 1.29 is 9.84 Å². The number of aryl methyl sites for hydroxylation is 1. The summed E-state index contributed by atoms with van der Waals surface area (Å²) >= 11 is 6.89. The first-order valence-corrected chi connectivity index (χ1v) is 7.39. The number of benzene rings is 1. The number of hydrogen-bond donors (Lipinski definition) is 1. The van der Waals surface area contributed by atoms with Gasteiger partial charge in [0, 0.05) is 12.4 Å². The summed E-state index contributed by atoms with van der Waals surface area (Å²) in [5.74, 6) is 1.72. The zero-order valence-corrected chi connectivity index (χ0v) is 13.6. The van der Waals surface area contributed by atoms with Crippen molar-refractivity contribution in [3.8, 4) is 5.75 Å². The van der Waals surface area contributed by atoms with E-state index in [9.17, 15) is 0 Å². The summed E-state index contributed by atoms with van der Waals surface area (Å²) in [6, 6.07) is 3.70. The molecular formula is C13H14Br2N2O2. The van der Waals surface area contributed by atoms with E-state index < -0.39 is 0 Å². The van der Waals surface area contributed by atoms with Crippen LogP contribution in [0.25, 0.3) is 0 Å². The maximum Gasteiger partial charge on any atom is 0.147 e. The molecule has 0 aliphatic rings. The molecule has 0 aliphatic carbocycles. The average Bonchev–Trinajstić information content (AvgIpc) is 2.78. The maximum absolute atomic E-state index is 9.12. The Hall–Kier alpha value is -0.850. The first-order valence-electron chi connectivity index (χ1n) is 5.81. The van der Waals surface area contributed by atoms with Crippen LogP contribution in [0.5, 0.6) is 5.75 Å². The molecule has 1 N–H and O–H groups in total. The zero-order chi connectivity index (χ0) is 13.8. The molecule has 0 bridgehead atoms. The van der Waals surface area contributed by atoms with Crippen LogP contribution < -0.4 is 4.74 Å². The Balaban J connectivity index is 2.02. The molecule has 0 saturated carbocycles. The van der Waals surface area contributed by atoms with Crippen LogP contribution in [0, 0.1) is 6.92 Å². The third-order valence-electron chi connectivity index (χ3n) is 2.74. The topological polar surface area (TPSA) is 47.3 Å². The lowest BCUT2D eigenvalue weighted by atomic mass is 10.2. The molecule has 2 aromatic rings. The van der Waals surface area contributed by atoms with Gasteiger partial charge >= 0.3 is 0 Å². The molecule has 0 spiro atoms. The number of aromatic nitrogens is 2. The highest BCUT2D eigenvalue weighted by molar-refractivity contribution is 9.11. The molecule has 1 heterocycles. The van der Waals surface area contributed by atoms with Gasteiger partial charge in [0.2, 0.25) is 0 Å². The molecule has 4 nitrogen and oxygen atoms in total. The molecule has 102 valence electrons. The SMILES string of the molecule is Cc1nccn1CCOc1c(Br)cc(CO)cc1Br. The highest BCUT2D eigenvalue weighted by Crippen LogP contribution is 2.34. The summed E-state index contributed by atoms with van der Waals surface area (Å²) < 4.78 is 9.46. The van der Waals surface area contributed by atoms with E-state index in [1.807, 2.05) is 29.8 Å². The zero-order valence-electron chi connectivity index (χ0n) is 10.4. The minimum Gasteiger partial charge on any atom is -0.489 e. The third kappa shape index (κ3) is 3.58. The number of rotatable bonds is 5. The molecule has 0 atom stereocenters. The van der Waals surface area contributed by atoms with E-state index in [1.54, 1.807) is 6.20 Å². The highest BCUT2D eigenvalue weighted by Gasteiger charge is 2.09. The second kappa shape index (κ2) is 6.54. The molecule has 1 aromatic carbocycles. The number of halogens is 2. The van der Waals surface area contributed by atoms with Crippen molar-refractivity contribution in [1.29, 1.82) is 0 Å². The van der Waals surface area contributed by atoms with Gasteiger partial charge in [-0.15, -0.1) is 0 Å². The molecule has 1 aromatic heterocycles. The van der Waals surface area contributed by atoms with Crippen LogP contribution in [-0.4, -0.2) is 21.3 Å². The highest BCUT2D eigenvalue weighted by atomic mass is 79.9. The normalized spacial score (nSPS) is 10.7. The van der Waals surface area contributed by atoms with E-state index in [0.29, 0.717) is 6.61 Å². The lowest BCUT2D eigenvalue weighted by molar-refractivity contribution is 0.279. The lowest BCUT2D eigenvalue weighted by Crippen LogP contribution is -2.09. The summed E-state index contributed by atoms with van der Waals surface area (Å²) in [5, 5.41) is 9.12. The van der Waals surface area contributed by atoms with Gasteiger partial charge < -0.3 is 14.4 Å². The van der Waals surface area contributed by atoms with Crippen LogP contribution in [0.4, 0.5) is 0 Å². The van der Waals surface area contributed by atoms with Crippen molar-refractivity contribution in [1.82, 2.24) is 9.55 Å². The molecule has 2 rings (SSSR count). The first kappa shape index (κ1) is 14.6. The van der Waals surface area contributed by atoms with Crippen LogP contribution in [0.1, 0.15) is 11.4 Å². The van der Waals surface area contributed by atoms with Crippen LogP contribution in [0.2, 0.25) is 0 Å². The van der Waals surface area contributed by atoms with Gasteiger partial charge in [-0.3, -0.25) is 0 Å². The molecule has 0 radical (unpaired) electrons. The maximum atomic E-state index is 9.12. The van der Waals surface area contributed by atoms with Crippen molar-refractivity contribution in [2.24, 2.45) is 0 Å². The van der Waals surface area contributed by atoms with E-state index in [2.05, 4.69) is 36.8 Å². The van der Waals surface area contributed by atoms with E-state index in [0.717, 1.165) is 32.6 Å². The summed E-state index contributed by atoms with van der Waals surface area (Å²) in [6.07, 6.45) is 3.70. The largest absolute Gasteiger partial charge is 0.489 e. The van der Waals surface area contributed by atoms with Gasteiger partial charge in [-0.05, 0) is 56.5 Å². The fourth-order valence-electron chi connectivity index (χ4n) is 1.73. The Bertz CT molecular complexity index is 547. The van der Waals surface area contributed by atoms with Crippen LogP contribution in [0.3, 0.4) is 0 Å². The fourth-order valence-corrected chi connectivity index (χ4v) is 3.24. The number of ether oxygens (including phenoxy) is 1. The van der Waals surface area contributed by atoms with Gasteiger partial charge in [0.15, 0.2) is 0 Å². The molecule has 0 fully saturated rings. The summed E-state index contributed by atoms with van der Waals surface area (Å²) in [4.78, 5) is 4.16. The van der Waals surface area contributed by atoms with Crippen LogP contribution >= 0.6 is 31.9 Å². The Kier molecular flexibility index (Phi) is 5.01. The van der Waals surface area contributed by atoms with Crippen molar-refractivity contribution >= 4 is 31.9 Å². The van der Waals surface area contributed by atoms with Crippen molar-refractivity contribution in [3.63, 3.8) is 0 Å². The Morgan fingerprint density at radius 2 is 2.00 bits per heavy atom. The monoisotopic (exact) mass is 388 g/mol. The fraction of sp³-hybridized carbons (Fsp3) is 0.308. The number of nitrogens with zero attached hydrogens (tertiary/aromatic N) is 2. The van der Waals surface area contributed by atoms with Gasteiger partial charge in [0.05, 0.1) is 22.1 Å². The number of imidazole rings is 1. The Morgan fingerprint density at radius 1 is 1.32 bits per heavy atom. The summed E-state index contributed by atoms with van der Waals surface area (Å²) in [5.41, 5.74) is 0.830. The Morgan fingerprint density at radius 3 is 2.53 bits per heavy atom. The predicted molar refractivity (Wildman–Crippen MR) is 80.2 cm³/mol. The van der Waals surface area contributed by atoms with Gasteiger partial charge in [0.1, 0.15) is 18.2 Å². The smallest absolute Gasteiger partial charge is 0.147 e. The number of aliphatic hydroxyl groups excluding tert-OH is 1. The number of hydrogen-bond acceptors (Lipinski definition) is 3. The number of aliphatic hydroxyl groups is 1. The van der Waals surface area contributed by atoms with Crippen molar-refractivity contribution in [3.05, 3.63) is 44.9 Å². The van der Waals surface area contributed by atoms with Crippen LogP contribution in [-0.2, 0) is 13.2 Å². The molecule has 0 unspecified atom stereocenters. The van der Waals surface area contributed by atoms with Crippen molar-refractivity contribution in [2.75, 3.05) is 6.61 Å². The average molecular weight is 390 g/mol.